The normalized spacial score (nSPS) is 11.8. The molecule has 0 radical (unpaired) electrons. The van der Waals surface area contributed by atoms with Crippen LogP contribution < -0.4 is 4.72 Å². The van der Waals surface area contributed by atoms with Crippen molar-refractivity contribution >= 4 is 20.8 Å². The van der Waals surface area contributed by atoms with Crippen molar-refractivity contribution in [2.75, 3.05) is 7.05 Å². The number of phenolic OH excluding ortho intramolecular Hbond substituents is 1. The molecule has 0 atom stereocenters. The first-order valence-electron chi connectivity index (χ1n) is 4.70. The van der Waals surface area contributed by atoms with Crippen LogP contribution in [0.5, 0.6) is 5.75 Å². The van der Waals surface area contributed by atoms with E-state index < -0.39 is 10.0 Å². The van der Waals surface area contributed by atoms with Crippen LogP contribution in [0.2, 0.25) is 0 Å². The van der Waals surface area contributed by atoms with Gasteiger partial charge in [-0.3, -0.25) is 0 Å². The molecule has 0 heterocycles. The standard InChI is InChI=1S/C11H11NO3S/c1-12-16(14,15)11-4-2-3-8-7-9(13)5-6-10(8)11/h2-7,12-13H,1H3. The van der Waals surface area contributed by atoms with Crippen LogP contribution in [-0.4, -0.2) is 20.6 Å². The summed E-state index contributed by atoms with van der Waals surface area (Å²) in [7, 11) is -2.10. The highest BCUT2D eigenvalue weighted by Gasteiger charge is 2.14. The SMILES string of the molecule is CNS(=O)(=O)c1cccc2cc(O)ccc12. The van der Waals surface area contributed by atoms with Gasteiger partial charge in [0, 0.05) is 5.39 Å². The second-order valence-corrected chi connectivity index (χ2v) is 5.22. The lowest BCUT2D eigenvalue weighted by Crippen LogP contribution is -2.18. The third kappa shape index (κ3) is 1.75. The minimum atomic E-state index is -3.47. The van der Waals surface area contributed by atoms with Crippen LogP contribution in [0.3, 0.4) is 0 Å². The van der Waals surface area contributed by atoms with E-state index in [1.165, 1.54) is 25.2 Å². The maximum Gasteiger partial charge on any atom is 0.240 e. The summed E-state index contributed by atoms with van der Waals surface area (Å²) in [6.45, 7) is 0. The van der Waals surface area contributed by atoms with Crippen molar-refractivity contribution < 1.29 is 13.5 Å². The third-order valence-electron chi connectivity index (χ3n) is 2.38. The average Bonchev–Trinajstić information content (AvgIpc) is 2.27. The zero-order chi connectivity index (χ0) is 11.8. The zero-order valence-corrected chi connectivity index (χ0v) is 9.45. The maximum atomic E-state index is 11.7. The Morgan fingerprint density at radius 1 is 1.19 bits per heavy atom. The van der Waals surface area contributed by atoms with Gasteiger partial charge in [-0.1, -0.05) is 12.1 Å². The number of aromatic hydroxyl groups is 1. The average molecular weight is 237 g/mol. The number of sulfonamides is 1. The highest BCUT2D eigenvalue weighted by atomic mass is 32.2. The summed E-state index contributed by atoms with van der Waals surface area (Å²) in [5, 5.41) is 10.6. The van der Waals surface area contributed by atoms with Crippen LogP contribution in [0.4, 0.5) is 0 Å². The molecule has 0 aromatic heterocycles. The Morgan fingerprint density at radius 3 is 2.62 bits per heavy atom. The monoisotopic (exact) mass is 237 g/mol. The van der Waals surface area contributed by atoms with Gasteiger partial charge in [0.05, 0.1) is 4.90 Å². The molecule has 0 spiro atoms. The summed E-state index contributed by atoms with van der Waals surface area (Å²) in [6, 6.07) is 9.52. The first-order chi connectivity index (χ1) is 7.54. The predicted molar refractivity (Wildman–Crippen MR) is 61.9 cm³/mol. The quantitative estimate of drug-likeness (QED) is 0.830. The zero-order valence-electron chi connectivity index (χ0n) is 8.64. The lowest BCUT2D eigenvalue weighted by molar-refractivity contribution is 0.476. The lowest BCUT2D eigenvalue weighted by Gasteiger charge is -2.06. The van der Waals surface area contributed by atoms with Crippen LogP contribution in [-0.2, 0) is 10.0 Å². The molecule has 0 unspecified atom stereocenters. The van der Waals surface area contributed by atoms with E-state index in [0.717, 1.165) is 0 Å². The fourth-order valence-electron chi connectivity index (χ4n) is 1.59. The van der Waals surface area contributed by atoms with Gasteiger partial charge < -0.3 is 5.11 Å². The van der Waals surface area contributed by atoms with E-state index in [0.29, 0.717) is 10.8 Å². The number of hydrogen-bond donors (Lipinski definition) is 2. The Balaban J connectivity index is 2.82. The summed E-state index contributed by atoms with van der Waals surface area (Å²) < 4.78 is 25.7. The molecule has 84 valence electrons. The molecule has 0 aliphatic rings. The maximum absolute atomic E-state index is 11.7. The van der Waals surface area contributed by atoms with Gasteiger partial charge in [0.1, 0.15) is 5.75 Å². The minimum absolute atomic E-state index is 0.117. The molecule has 0 saturated heterocycles. The molecule has 0 fully saturated rings. The fourth-order valence-corrected chi connectivity index (χ4v) is 2.54. The van der Waals surface area contributed by atoms with E-state index in [2.05, 4.69) is 4.72 Å². The number of benzene rings is 2. The fraction of sp³-hybridized carbons (Fsp3) is 0.0909. The number of hydrogen-bond acceptors (Lipinski definition) is 3. The molecule has 2 rings (SSSR count). The van der Waals surface area contributed by atoms with Gasteiger partial charge >= 0.3 is 0 Å². The Hall–Kier alpha value is -1.59. The predicted octanol–water partition coefficient (Wildman–Crippen LogP) is 1.45. The van der Waals surface area contributed by atoms with Gasteiger partial charge in [0.2, 0.25) is 10.0 Å². The minimum Gasteiger partial charge on any atom is -0.508 e. The highest BCUT2D eigenvalue weighted by molar-refractivity contribution is 7.89. The molecule has 2 aromatic carbocycles. The first kappa shape index (κ1) is 10.9. The number of phenols is 1. The second kappa shape index (κ2) is 3.77. The van der Waals surface area contributed by atoms with E-state index in [1.54, 1.807) is 18.2 Å². The van der Waals surface area contributed by atoms with Crippen molar-refractivity contribution in [1.82, 2.24) is 4.72 Å². The third-order valence-corrected chi connectivity index (χ3v) is 3.85. The Morgan fingerprint density at radius 2 is 1.94 bits per heavy atom. The van der Waals surface area contributed by atoms with Crippen LogP contribution in [0, 0.1) is 0 Å². The van der Waals surface area contributed by atoms with Crippen molar-refractivity contribution in [2.45, 2.75) is 4.90 Å². The summed E-state index contributed by atoms with van der Waals surface area (Å²) in [6.07, 6.45) is 0. The molecular formula is C11H11NO3S. The van der Waals surface area contributed by atoms with Gasteiger partial charge in [-0.15, -0.1) is 0 Å². The molecule has 0 aliphatic carbocycles. The van der Waals surface area contributed by atoms with E-state index >= 15 is 0 Å². The summed E-state index contributed by atoms with van der Waals surface area (Å²) >= 11 is 0. The molecule has 0 bridgehead atoms. The molecule has 5 heteroatoms. The lowest BCUT2D eigenvalue weighted by atomic mass is 10.1. The van der Waals surface area contributed by atoms with Gasteiger partial charge in [-0.25, -0.2) is 13.1 Å². The van der Waals surface area contributed by atoms with E-state index in [-0.39, 0.29) is 10.6 Å². The van der Waals surface area contributed by atoms with Crippen molar-refractivity contribution in [3.8, 4) is 5.75 Å². The smallest absolute Gasteiger partial charge is 0.240 e. The highest BCUT2D eigenvalue weighted by Crippen LogP contribution is 2.25. The molecule has 0 saturated carbocycles. The number of rotatable bonds is 2. The largest absolute Gasteiger partial charge is 0.508 e. The van der Waals surface area contributed by atoms with Crippen LogP contribution in [0.25, 0.3) is 10.8 Å². The Bertz CT molecular complexity index is 635. The van der Waals surface area contributed by atoms with Crippen molar-refractivity contribution in [3.63, 3.8) is 0 Å². The van der Waals surface area contributed by atoms with Gasteiger partial charge in [-0.05, 0) is 36.7 Å². The van der Waals surface area contributed by atoms with Crippen molar-refractivity contribution in [3.05, 3.63) is 36.4 Å². The van der Waals surface area contributed by atoms with E-state index in [1.807, 2.05) is 0 Å². The van der Waals surface area contributed by atoms with Crippen molar-refractivity contribution in [2.24, 2.45) is 0 Å². The molecule has 4 nitrogen and oxygen atoms in total. The van der Waals surface area contributed by atoms with E-state index in [9.17, 15) is 13.5 Å². The molecule has 2 N–H and O–H groups in total. The second-order valence-electron chi connectivity index (χ2n) is 3.37. The van der Waals surface area contributed by atoms with Gasteiger partial charge in [0.15, 0.2) is 0 Å². The molecule has 2 aromatic rings. The molecular weight excluding hydrogens is 226 g/mol. The van der Waals surface area contributed by atoms with Crippen molar-refractivity contribution in [1.29, 1.82) is 0 Å². The van der Waals surface area contributed by atoms with Crippen LogP contribution in [0.15, 0.2) is 41.3 Å². The summed E-state index contributed by atoms with van der Waals surface area (Å²) in [4.78, 5) is 0.215. The number of nitrogens with one attached hydrogen (secondary N) is 1. The number of fused-ring (bicyclic) bond motifs is 1. The molecule has 0 aliphatic heterocycles. The van der Waals surface area contributed by atoms with Crippen LogP contribution in [0.1, 0.15) is 0 Å². The van der Waals surface area contributed by atoms with Gasteiger partial charge in [0.25, 0.3) is 0 Å². The summed E-state index contributed by atoms with van der Waals surface area (Å²) in [5.41, 5.74) is 0. The van der Waals surface area contributed by atoms with E-state index in [4.69, 9.17) is 0 Å². The Labute approximate surface area is 93.6 Å². The topological polar surface area (TPSA) is 66.4 Å². The van der Waals surface area contributed by atoms with Gasteiger partial charge in [-0.2, -0.15) is 0 Å². The molecule has 16 heavy (non-hydrogen) atoms. The Kier molecular flexibility index (Phi) is 2.57. The molecule has 0 amide bonds. The van der Waals surface area contributed by atoms with Crippen LogP contribution >= 0.6 is 0 Å². The first-order valence-corrected chi connectivity index (χ1v) is 6.18. The summed E-state index contributed by atoms with van der Waals surface area (Å²) in [5.74, 6) is 0.117.